The van der Waals surface area contributed by atoms with Crippen LogP contribution in [0.25, 0.3) is 0 Å². The van der Waals surface area contributed by atoms with Crippen LogP contribution in [-0.2, 0) is 16.1 Å². The summed E-state index contributed by atoms with van der Waals surface area (Å²) in [7, 11) is 0. The quantitative estimate of drug-likeness (QED) is 0.310. The molecule has 2 aliphatic rings. The molecule has 4 amide bonds. The summed E-state index contributed by atoms with van der Waals surface area (Å²) >= 11 is 12.1. The molecule has 0 saturated carbocycles. The Balaban J connectivity index is 1.21. The van der Waals surface area contributed by atoms with Crippen LogP contribution in [0.3, 0.4) is 0 Å². The van der Waals surface area contributed by atoms with Crippen molar-refractivity contribution in [3.8, 4) is 0 Å². The number of benzene rings is 2. The second-order valence-corrected chi connectivity index (χ2v) is 10.9. The average molecular weight is 628 g/mol. The molecule has 5 rings (SSSR count). The van der Waals surface area contributed by atoms with Crippen LogP contribution in [0.2, 0.25) is 10.0 Å². The first kappa shape index (κ1) is 29.9. The highest BCUT2D eigenvalue weighted by atomic mass is 35.5. The number of carboxylic acid groups (broad SMARTS) is 1. The molecule has 1 spiro atoms. The zero-order chi connectivity index (χ0) is 30.7. The summed E-state index contributed by atoms with van der Waals surface area (Å²) in [5.41, 5.74) is -0.758. The maximum Gasteiger partial charge on any atom is 0.349 e. The molecule has 0 bridgehead atoms. The Morgan fingerprint density at radius 2 is 1.67 bits per heavy atom. The van der Waals surface area contributed by atoms with Gasteiger partial charge in [0.1, 0.15) is 17.4 Å². The fraction of sp³-hybridized carbons (Fsp3) is 0.286. The van der Waals surface area contributed by atoms with E-state index < -0.39 is 41.7 Å². The van der Waals surface area contributed by atoms with Gasteiger partial charge in [-0.15, -0.1) is 0 Å². The van der Waals surface area contributed by atoms with Crippen molar-refractivity contribution in [2.45, 2.75) is 31.0 Å². The van der Waals surface area contributed by atoms with Gasteiger partial charge in [-0.25, -0.2) is 14.4 Å². The smallest absolute Gasteiger partial charge is 0.349 e. The molecule has 3 aromatic rings. The van der Waals surface area contributed by atoms with E-state index >= 15 is 0 Å². The van der Waals surface area contributed by atoms with Gasteiger partial charge in [-0.2, -0.15) is 4.98 Å². The lowest BCUT2D eigenvalue weighted by molar-refractivity contribution is -0.139. The summed E-state index contributed by atoms with van der Waals surface area (Å²) in [5.74, 6) is -2.24. The van der Waals surface area contributed by atoms with Gasteiger partial charge in [0, 0.05) is 25.0 Å². The van der Waals surface area contributed by atoms with Gasteiger partial charge in [-0.05, 0) is 43.2 Å². The summed E-state index contributed by atoms with van der Waals surface area (Å²) in [4.78, 5) is 70.4. The lowest BCUT2D eigenvalue weighted by atomic mass is 9.85. The minimum atomic E-state index is -1.46. The third kappa shape index (κ3) is 6.13. The van der Waals surface area contributed by atoms with Crippen LogP contribution in [0, 0.1) is 0 Å². The zero-order valence-electron chi connectivity index (χ0n) is 22.6. The first-order valence-corrected chi connectivity index (χ1v) is 14.1. The predicted molar refractivity (Wildman–Crippen MR) is 158 cm³/mol. The van der Waals surface area contributed by atoms with E-state index in [9.17, 15) is 29.1 Å². The summed E-state index contributed by atoms with van der Waals surface area (Å²) in [6, 6.07) is 13.3. The van der Waals surface area contributed by atoms with Crippen LogP contribution in [0.15, 0.2) is 65.6 Å². The van der Waals surface area contributed by atoms with Gasteiger partial charge in [-0.1, -0.05) is 47.5 Å². The van der Waals surface area contributed by atoms with Crippen LogP contribution < -0.4 is 26.5 Å². The maximum absolute atomic E-state index is 13.1. The van der Waals surface area contributed by atoms with Gasteiger partial charge in [0.05, 0.1) is 28.8 Å². The number of urea groups is 1. The fourth-order valence-corrected chi connectivity index (χ4v) is 5.83. The number of nitrogens with one attached hydrogen (secondary N) is 3. The van der Waals surface area contributed by atoms with Gasteiger partial charge >= 0.3 is 17.7 Å². The van der Waals surface area contributed by atoms with E-state index in [4.69, 9.17) is 23.2 Å². The Hall–Kier alpha value is -4.62. The van der Waals surface area contributed by atoms with E-state index in [0.29, 0.717) is 19.5 Å². The molecule has 4 N–H and O–H groups in total. The largest absolute Gasteiger partial charge is 0.480 e. The number of hydrogen-bond donors (Lipinski definition) is 4. The number of carbonyl (C=O) groups is 4. The van der Waals surface area contributed by atoms with Crippen molar-refractivity contribution in [2.75, 3.05) is 30.0 Å². The van der Waals surface area contributed by atoms with Crippen molar-refractivity contribution in [3.63, 3.8) is 0 Å². The van der Waals surface area contributed by atoms with Crippen LogP contribution in [0.1, 0.15) is 23.2 Å². The van der Waals surface area contributed by atoms with Gasteiger partial charge in [0.15, 0.2) is 0 Å². The molecular weight excluding hydrogens is 601 g/mol. The van der Waals surface area contributed by atoms with E-state index in [0.717, 1.165) is 10.3 Å². The molecule has 0 unspecified atom stereocenters. The highest BCUT2D eigenvalue weighted by Crippen LogP contribution is 2.36. The van der Waals surface area contributed by atoms with E-state index in [1.54, 1.807) is 6.07 Å². The summed E-state index contributed by atoms with van der Waals surface area (Å²) in [6.45, 7) is 0.384. The highest BCUT2D eigenvalue weighted by Gasteiger charge is 2.51. The number of aromatic nitrogens is 2. The number of likely N-dealkylation sites (tertiary alicyclic amines) is 1. The Labute approximate surface area is 255 Å². The van der Waals surface area contributed by atoms with Crippen LogP contribution in [0.4, 0.5) is 16.3 Å². The SMILES string of the molecule is O=C(Nc1ccn(C[C@H](NC(=O)N2CCC3(CC2)C(=O)NCN3c2ccccc2)C(=O)O)c(=O)n1)c1c(Cl)cccc1Cl. The van der Waals surface area contributed by atoms with Crippen LogP contribution in [0.5, 0.6) is 0 Å². The number of carboxylic acids is 1. The molecular formula is C28H27Cl2N7O6. The third-order valence-corrected chi connectivity index (χ3v) is 8.19. The molecule has 2 aromatic carbocycles. The van der Waals surface area contributed by atoms with Crippen molar-refractivity contribution in [2.24, 2.45) is 0 Å². The minimum absolute atomic E-state index is 0.00966. The molecule has 15 heteroatoms. The summed E-state index contributed by atoms with van der Waals surface area (Å²) < 4.78 is 1.00. The van der Waals surface area contributed by atoms with Gasteiger partial charge in [-0.3, -0.25) is 14.2 Å². The molecule has 0 radical (unpaired) electrons. The number of carbonyl (C=O) groups excluding carboxylic acids is 3. The monoisotopic (exact) mass is 627 g/mol. The average Bonchev–Trinajstić information content (AvgIpc) is 3.29. The Kier molecular flexibility index (Phi) is 8.55. The third-order valence-electron chi connectivity index (χ3n) is 7.56. The standard InChI is InChI=1S/C28H27Cl2N7O6/c29-18-7-4-8-19(30)22(18)23(38)33-21-9-12-36(27(43)34-21)15-20(24(39)40)32-26(42)35-13-10-28(11-14-35)25(41)31-16-37(28)17-5-2-1-3-6-17/h1-9,12,20H,10-11,13-16H2,(H,31,41)(H,32,42)(H,39,40)(H,33,34,38,43)/t20-/m0/s1. The normalized spacial score (nSPS) is 16.5. The number of halogens is 2. The van der Waals surface area contributed by atoms with Crippen molar-refractivity contribution in [1.29, 1.82) is 0 Å². The van der Waals surface area contributed by atoms with Crippen LogP contribution in [-0.4, -0.2) is 74.7 Å². The molecule has 43 heavy (non-hydrogen) atoms. The van der Waals surface area contributed by atoms with E-state index in [1.807, 2.05) is 35.2 Å². The topological polar surface area (TPSA) is 166 Å². The molecule has 0 aliphatic carbocycles. The first-order valence-electron chi connectivity index (χ1n) is 13.3. The Morgan fingerprint density at radius 1 is 1.00 bits per heavy atom. The number of rotatable bonds is 7. The number of piperidine rings is 1. The van der Waals surface area contributed by atoms with E-state index in [1.165, 1.54) is 29.3 Å². The second-order valence-electron chi connectivity index (χ2n) is 10.1. The minimum Gasteiger partial charge on any atom is -0.480 e. The van der Waals surface area contributed by atoms with E-state index in [2.05, 4.69) is 20.9 Å². The van der Waals surface area contributed by atoms with Gasteiger partial charge in [0.25, 0.3) is 5.91 Å². The summed E-state index contributed by atoms with van der Waals surface area (Å²) in [6.07, 6.45) is 1.96. The molecule has 2 aliphatic heterocycles. The fourth-order valence-electron chi connectivity index (χ4n) is 5.27. The Bertz CT molecular complexity index is 1610. The van der Waals surface area contributed by atoms with Gasteiger partial charge < -0.3 is 30.9 Å². The summed E-state index contributed by atoms with van der Waals surface area (Å²) in [5, 5.41) is 17.8. The molecule has 2 saturated heterocycles. The molecule has 224 valence electrons. The van der Waals surface area contributed by atoms with Crippen molar-refractivity contribution in [3.05, 3.63) is 86.9 Å². The van der Waals surface area contributed by atoms with Crippen molar-refractivity contribution < 1.29 is 24.3 Å². The first-order chi connectivity index (χ1) is 20.6. The lowest BCUT2D eigenvalue weighted by Crippen LogP contribution is -2.59. The molecule has 1 atom stereocenters. The molecule has 1 aromatic heterocycles. The van der Waals surface area contributed by atoms with Gasteiger partial charge in [0.2, 0.25) is 5.91 Å². The second kappa shape index (κ2) is 12.3. The van der Waals surface area contributed by atoms with E-state index in [-0.39, 0.29) is 40.4 Å². The molecule has 3 heterocycles. The maximum atomic E-state index is 13.1. The number of anilines is 2. The molecule has 2 fully saturated rings. The number of para-hydroxylation sites is 1. The number of nitrogens with zero attached hydrogens (tertiary/aromatic N) is 4. The van der Waals surface area contributed by atoms with Crippen molar-refractivity contribution in [1.82, 2.24) is 25.1 Å². The van der Waals surface area contributed by atoms with Crippen LogP contribution >= 0.6 is 23.2 Å². The number of aliphatic carboxylic acids is 1. The van der Waals surface area contributed by atoms with Crippen molar-refractivity contribution >= 4 is 58.5 Å². The highest BCUT2D eigenvalue weighted by molar-refractivity contribution is 6.40. The number of hydrogen-bond acceptors (Lipinski definition) is 7. The zero-order valence-corrected chi connectivity index (χ0v) is 24.1. The Morgan fingerprint density at radius 3 is 2.30 bits per heavy atom. The predicted octanol–water partition coefficient (Wildman–Crippen LogP) is 2.39. The number of amides is 4. The lowest BCUT2D eigenvalue weighted by Gasteiger charge is -2.43. The molecule has 13 nitrogen and oxygen atoms in total.